The van der Waals surface area contributed by atoms with E-state index in [1.165, 1.54) is 0 Å². The predicted octanol–water partition coefficient (Wildman–Crippen LogP) is 1.66. The Morgan fingerprint density at radius 2 is 2.00 bits per heavy atom. The first-order valence-corrected chi connectivity index (χ1v) is 5.77. The van der Waals surface area contributed by atoms with Crippen LogP contribution in [0.15, 0.2) is 29.1 Å². The van der Waals surface area contributed by atoms with E-state index in [0.29, 0.717) is 0 Å². The zero-order valence-corrected chi connectivity index (χ0v) is 9.69. The van der Waals surface area contributed by atoms with E-state index >= 15 is 0 Å². The van der Waals surface area contributed by atoms with Crippen molar-refractivity contribution in [3.05, 3.63) is 45.9 Å². The number of methoxy groups -OCH3 is 1. The molecule has 0 saturated carbocycles. The summed E-state index contributed by atoms with van der Waals surface area (Å²) in [4.78, 5) is 11.7. The van der Waals surface area contributed by atoms with E-state index in [2.05, 4.69) is 5.10 Å². The molecular formula is C13H14N2O2. The lowest BCUT2D eigenvalue weighted by atomic mass is 10.2. The van der Waals surface area contributed by atoms with Crippen LogP contribution in [0.4, 0.5) is 0 Å². The van der Waals surface area contributed by atoms with Gasteiger partial charge in [-0.25, -0.2) is 0 Å². The Bertz CT molecular complexity index is 593. The molecule has 4 heteroatoms. The Morgan fingerprint density at radius 1 is 1.24 bits per heavy atom. The second-order valence-corrected chi connectivity index (χ2v) is 4.25. The molecule has 1 aliphatic rings. The zero-order valence-electron chi connectivity index (χ0n) is 9.69. The molecule has 88 valence electrons. The van der Waals surface area contributed by atoms with Gasteiger partial charge in [0, 0.05) is 11.3 Å². The number of nitrogens with one attached hydrogen (secondary N) is 1. The molecule has 1 heterocycles. The second-order valence-electron chi connectivity index (χ2n) is 4.25. The van der Waals surface area contributed by atoms with Crippen LogP contribution >= 0.6 is 0 Å². The average molecular weight is 230 g/mol. The molecule has 1 aromatic heterocycles. The van der Waals surface area contributed by atoms with Crippen molar-refractivity contribution < 1.29 is 4.74 Å². The number of hydrogen-bond donors (Lipinski definition) is 1. The van der Waals surface area contributed by atoms with Crippen LogP contribution in [0.1, 0.15) is 17.7 Å². The summed E-state index contributed by atoms with van der Waals surface area (Å²) in [5.41, 5.74) is 3.10. The molecule has 0 aliphatic heterocycles. The summed E-state index contributed by atoms with van der Waals surface area (Å²) in [5, 5.41) is 2.89. The summed E-state index contributed by atoms with van der Waals surface area (Å²) in [7, 11) is 1.64. The van der Waals surface area contributed by atoms with E-state index in [-0.39, 0.29) is 5.56 Å². The largest absolute Gasteiger partial charge is 0.497 e. The molecule has 2 aromatic rings. The Morgan fingerprint density at radius 3 is 2.71 bits per heavy atom. The summed E-state index contributed by atoms with van der Waals surface area (Å²) in [6, 6.07) is 7.70. The van der Waals surface area contributed by atoms with E-state index in [4.69, 9.17) is 4.74 Å². The van der Waals surface area contributed by atoms with Gasteiger partial charge in [0.25, 0.3) is 5.56 Å². The summed E-state index contributed by atoms with van der Waals surface area (Å²) in [6.07, 6.45) is 2.94. The van der Waals surface area contributed by atoms with Gasteiger partial charge >= 0.3 is 0 Å². The molecule has 0 spiro atoms. The number of aromatic nitrogens is 2. The minimum Gasteiger partial charge on any atom is -0.497 e. The maximum absolute atomic E-state index is 11.7. The fourth-order valence-electron chi connectivity index (χ4n) is 2.41. The van der Waals surface area contributed by atoms with Crippen LogP contribution in [0.5, 0.6) is 5.75 Å². The molecule has 3 rings (SSSR count). The number of fused-ring (bicyclic) bond motifs is 1. The van der Waals surface area contributed by atoms with Gasteiger partial charge < -0.3 is 4.74 Å². The quantitative estimate of drug-likeness (QED) is 0.853. The van der Waals surface area contributed by atoms with Crippen molar-refractivity contribution in [2.75, 3.05) is 7.11 Å². The lowest BCUT2D eigenvalue weighted by Gasteiger charge is -2.07. The van der Waals surface area contributed by atoms with Crippen LogP contribution in [0.25, 0.3) is 5.69 Å². The van der Waals surface area contributed by atoms with E-state index in [9.17, 15) is 4.79 Å². The van der Waals surface area contributed by atoms with Crippen LogP contribution in [-0.2, 0) is 12.8 Å². The molecule has 0 radical (unpaired) electrons. The molecule has 0 atom stereocenters. The van der Waals surface area contributed by atoms with E-state index in [1.807, 2.05) is 28.9 Å². The molecule has 17 heavy (non-hydrogen) atoms. The van der Waals surface area contributed by atoms with Crippen molar-refractivity contribution in [1.82, 2.24) is 9.78 Å². The van der Waals surface area contributed by atoms with Gasteiger partial charge in [0.05, 0.1) is 12.8 Å². The topological polar surface area (TPSA) is 47.0 Å². The third kappa shape index (κ3) is 1.56. The number of benzene rings is 1. The van der Waals surface area contributed by atoms with Crippen molar-refractivity contribution in [2.24, 2.45) is 0 Å². The molecule has 1 aliphatic carbocycles. The number of nitrogens with zero attached hydrogens (tertiary/aromatic N) is 1. The van der Waals surface area contributed by atoms with Crippen LogP contribution < -0.4 is 10.3 Å². The fourth-order valence-corrected chi connectivity index (χ4v) is 2.41. The maximum Gasteiger partial charge on any atom is 0.267 e. The minimum absolute atomic E-state index is 0.0494. The van der Waals surface area contributed by atoms with Gasteiger partial charge in [-0.2, -0.15) is 0 Å². The molecule has 0 saturated heterocycles. The van der Waals surface area contributed by atoms with Crippen molar-refractivity contribution in [1.29, 1.82) is 0 Å². The number of aromatic amines is 1. The van der Waals surface area contributed by atoms with E-state index < -0.39 is 0 Å². The standard InChI is InChI=1S/C13H14N2O2/c1-17-10-7-5-9(6-8-10)15-12-4-2-3-11(12)13(16)14-15/h5-8H,2-4H2,1H3,(H,14,16). The number of hydrogen-bond acceptors (Lipinski definition) is 2. The average Bonchev–Trinajstić information content (AvgIpc) is 2.94. The highest BCUT2D eigenvalue weighted by Gasteiger charge is 2.20. The summed E-state index contributed by atoms with van der Waals surface area (Å²) >= 11 is 0. The Kier molecular flexibility index (Phi) is 2.28. The van der Waals surface area contributed by atoms with Crippen molar-refractivity contribution >= 4 is 0 Å². The van der Waals surface area contributed by atoms with Crippen molar-refractivity contribution in [2.45, 2.75) is 19.3 Å². The molecule has 0 unspecified atom stereocenters. The van der Waals surface area contributed by atoms with Crippen LogP contribution in [0.3, 0.4) is 0 Å². The summed E-state index contributed by atoms with van der Waals surface area (Å²) < 4.78 is 7.01. The summed E-state index contributed by atoms with van der Waals surface area (Å²) in [6.45, 7) is 0. The molecular weight excluding hydrogens is 216 g/mol. The molecule has 0 fully saturated rings. The third-order valence-corrected chi connectivity index (χ3v) is 3.28. The van der Waals surface area contributed by atoms with Crippen molar-refractivity contribution in [3.8, 4) is 11.4 Å². The van der Waals surface area contributed by atoms with Gasteiger partial charge in [-0.3, -0.25) is 14.6 Å². The van der Waals surface area contributed by atoms with Gasteiger partial charge in [0.1, 0.15) is 5.75 Å². The monoisotopic (exact) mass is 230 g/mol. The molecule has 1 aromatic carbocycles. The highest BCUT2D eigenvalue weighted by molar-refractivity contribution is 5.40. The van der Waals surface area contributed by atoms with E-state index in [1.54, 1.807) is 7.11 Å². The molecule has 1 N–H and O–H groups in total. The lowest BCUT2D eigenvalue weighted by molar-refractivity contribution is 0.414. The first-order chi connectivity index (χ1) is 8.29. The van der Waals surface area contributed by atoms with Gasteiger partial charge in [-0.05, 0) is 43.5 Å². The first-order valence-electron chi connectivity index (χ1n) is 5.77. The second kappa shape index (κ2) is 3.80. The smallest absolute Gasteiger partial charge is 0.267 e. The lowest BCUT2D eigenvalue weighted by Crippen LogP contribution is -2.07. The molecule has 0 amide bonds. The number of rotatable bonds is 2. The van der Waals surface area contributed by atoms with Crippen LogP contribution in [0.2, 0.25) is 0 Å². The number of ether oxygens (including phenoxy) is 1. The van der Waals surface area contributed by atoms with Crippen molar-refractivity contribution in [3.63, 3.8) is 0 Å². The van der Waals surface area contributed by atoms with Gasteiger partial charge in [0.15, 0.2) is 0 Å². The first kappa shape index (κ1) is 10.2. The van der Waals surface area contributed by atoms with Crippen LogP contribution in [0, 0.1) is 0 Å². The Hall–Kier alpha value is -1.97. The van der Waals surface area contributed by atoms with Gasteiger partial charge in [-0.1, -0.05) is 0 Å². The SMILES string of the molecule is COc1ccc(-n2[nH]c(=O)c3c2CCC3)cc1. The van der Waals surface area contributed by atoms with Gasteiger partial charge in [-0.15, -0.1) is 0 Å². The molecule has 0 bridgehead atoms. The highest BCUT2D eigenvalue weighted by atomic mass is 16.5. The predicted molar refractivity (Wildman–Crippen MR) is 65.0 cm³/mol. The maximum atomic E-state index is 11.7. The fraction of sp³-hybridized carbons (Fsp3) is 0.308. The minimum atomic E-state index is 0.0494. The van der Waals surface area contributed by atoms with E-state index in [0.717, 1.165) is 42.0 Å². The highest BCUT2D eigenvalue weighted by Crippen LogP contribution is 2.22. The molecule has 4 nitrogen and oxygen atoms in total. The normalized spacial score (nSPS) is 13.7. The third-order valence-electron chi connectivity index (χ3n) is 3.28. The summed E-state index contributed by atoms with van der Waals surface area (Å²) in [5.74, 6) is 0.819. The Labute approximate surface area is 98.8 Å². The van der Waals surface area contributed by atoms with Crippen LogP contribution in [-0.4, -0.2) is 16.9 Å². The van der Waals surface area contributed by atoms with Gasteiger partial charge in [0.2, 0.25) is 0 Å². The number of H-pyrrole nitrogens is 1. The Balaban J connectivity index is 2.09. The zero-order chi connectivity index (χ0) is 11.8.